The molecule has 1 aliphatic heterocycles. The Bertz CT molecular complexity index is 1110. The number of allylic oxidation sites excluding steroid dienone is 2. The van der Waals surface area contributed by atoms with E-state index in [9.17, 15) is 27.9 Å². The largest absolute Gasteiger partial charge is 0.497 e. The number of carbonyl (C=O) groups excluding carboxylic acids is 2. The van der Waals surface area contributed by atoms with Crippen molar-refractivity contribution < 1.29 is 32.6 Å². The van der Waals surface area contributed by atoms with Crippen molar-refractivity contribution in [1.82, 2.24) is 5.32 Å². The number of ether oxygens (including phenoxy) is 1. The van der Waals surface area contributed by atoms with Crippen LogP contribution >= 0.6 is 11.3 Å². The summed E-state index contributed by atoms with van der Waals surface area (Å²) < 4.78 is 48.5. The third kappa shape index (κ3) is 3.97. The minimum absolute atomic E-state index is 0.0344. The lowest BCUT2D eigenvalue weighted by Crippen LogP contribution is -2.67. The fraction of sp³-hybridized carbons (Fsp3) is 0.417. The van der Waals surface area contributed by atoms with Crippen LogP contribution in [-0.4, -0.2) is 35.7 Å². The van der Waals surface area contributed by atoms with Crippen molar-refractivity contribution in [2.24, 2.45) is 11.3 Å². The Labute approximate surface area is 193 Å². The van der Waals surface area contributed by atoms with Crippen LogP contribution < -0.4 is 10.1 Å². The van der Waals surface area contributed by atoms with Crippen LogP contribution in [0.4, 0.5) is 13.2 Å². The van der Waals surface area contributed by atoms with Gasteiger partial charge in [0, 0.05) is 23.6 Å². The van der Waals surface area contributed by atoms with Gasteiger partial charge in [-0.25, -0.2) is 0 Å². The molecule has 9 heteroatoms. The van der Waals surface area contributed by atoms with Crippen LogP contribution in [0.25, 0.3) is 0 Å². The number of Topliss-reactive ketones (excluding diaryl/α,β-unsaturated/α-hetero) is 2. The number of rotatable bonds is 4. The quantitative estimate of drug-likeness (QED) is 0.614. The van der Waals surface area contributed by atoms with Gasteiger partial charge < -0.3 is 15.2 Å². The summed E-state index contributed by atoms with van der Waals surface area (Å²) in [6, 6.07) is 9.19. The van der Waals surface area contributed by atoms with E-state index in [-0.39, 0.29) is 34.8 Å². The van der Waals surface area contributed by atoms with E-state index in [1.54, 1.807) is 37.4 Å². The predicted octanol–water partition coefficient (Wildman–Crippen LogP) is 4.84. The molecule has 0 fully saturated rings. The van der Waals surface area contributed by atoms with Crippen LogP contribution in [-0.2, 0) is 4.79 Å². The summed E-state index contributed by atoms with van der Waals surface area (Å²) in [4.78, 5) is 26.8. The van der Waals surface area contributed by atoms with E-state index in [1.165, 1.54) is 25.3 Å². The first-order chi connectivity index (χ1) is 15.4. The van der Waals surface area contributed by atoms with E-state index < -0.39 is 34.9 Å². The maximum absolute atomic E-state index is 14.4. The summed E-state index contributed by atoms with van der Waals surface area (Å²) in [6.07, 6.45) is -4.91. The second kappa shape index (κ2) is 7.99. The Morgan fingerprint density at radius 2 is 1.85 bits per heavy atom. The fourth-order valence-electron chi connectivity index (χ4n) is 4.85. The molecule has 1 aliphatic carbocycles. The van der Waals surface area contributed by atoms with E-state index in [0.717, 1.165) is 11.3 Å². The Morgan fingerprint density at radius 3 is 2.39 bits per heavy atom. The van der Waals surface area contributed by atoms with E-state index in [0.29, 0.717) is 11.3 Å². The number of hydrogen-bond donors (Lipinski definition) is 2. The van der Waals surface area contributed by atoms with E-state index in [1.807, 2.05) is 0 Å². The second-order valence-corrected chi connectivity index (χ2v) is 10.2. The summed E-state index contributed by atoms with van der Waals surface area (Å²) in [7, 11) is 1.46. The first-order valence-electron chi connectivity index (χ1n) is 10.4. The van der Waals surface area contributed by atoms with Gasteiger partial charge in [0.2, 0.25) is 5.72 Å². The normalized spacial score (nSPS) is 27.1. The lowest BCUT2D eigenvalue weighted by Gasteiger charge is -2.49. The SMILES string of the molecule is COc1ccc(C2C3=C(CC(C)(C)CC3=O)NC(O)(C(F)(F)F)C2C(=O)c2cccs2)cc1. The van der Waals surface area contributed by atoms with Gasteiger partial charge in [-0.15, -0.1) is 11.3 Å². The van der Waals surface area contributed by atoms with Gasteiger partial charge in [-0.3, -0.25) is 9.59 Å². The molecule has 0 saturated carbocycles. The molecule has 0 amide bonds. The minimum atomic E-state index is -5.18. The highest BCUT2D eigenvalue weighted by Gasteiger charge is 2.67. The number of thiophene rings is 1. The third-order valence-electron chi connectivity index (χ3n) is 6.31. The second-order valence-electron chi connectivity index (χ2n) is 9.29. The zero-order chi connectivity index (χ0) is 24.2. The average molecular weight is 480 g/mol. The predicted molar refractivity (Wildman–Crippen MR) is 117 cm³/mol. The summed E-state index contributed by atoms with van der Waals surface area (Å²) in [6.45, 7) is 3.57. The molecule has 0 saturated heterocycles. The molecular weight excluding hydrogens is 455 g/mol. The van der Waals surface area contributed by atoms with Gasteiger partial charge >= 0.3 is 6.18 Å². The van der Waals surface area contributed by atoms with E-state index in [2.05, 4.69) is 5.32 Å². The monoisotopic (exact) mass is 479 g/mol. The Balaban J connectivity index is 1.99. The number of halogens is 3. The van der Waals surface area contributed by atoms with Crippen molar-refractivity contribution in [1.29, 1.82) is 0 Å². The maximum Gasteiger partial charge on any atom is 0.437 e. The van der Waals surface area contributed by atoms with Crippen molar-refractivity contribution in [2.75, 3.05) is 7.11 Å². The molecule has 33 heavy (non-hydrogen) atoms. The summed E-state index contributed by atoms with van der Waals surface area (Å²) in [5, 5.41) is 14.9. The molecule has 2 aliphatic rings. The van der Waals surface area contributed by atoms with Crippen molar-refractivity contribution in [3.05, 3.63) is 63.5 Å². The van der Waals surface area contributed by atoms with Gasteiger partial charge in [0.05, 0.1) is 17.9 Å². The molecule has 176 valence electrons. The van der Waals surface area contributed by atoms with Gasteiger partial charge in [0.25, 0.3) is 0 Å². The zero-order valence-corrected chi connectivity index (χ0v) is 19.1. The third-order valence-corrected chi connectivity index (χ3v) is 7.19. The highest BCUT2D eigenvalue weighted by molar-refractivity contribution is 7.12. The number of carbonyl (C=O) groups is 2. The minimum Gasteiger partial charge on any atom is -0.497 e. The molecule has 0 spiro atoms. The molecule has 2 heterocycles. The maximum atomic E-state index is 14.4. The zero-order valence-electron chi connectivity index (χ0n) is 18.3. The number of methoxy groups -OCH3 is 1. The molecule has 1 aromatic heterocycles. The summed E-state index contributed by atoms with van der Waals surface area (Å²) in [5.74, 6) is -4.00. The molecule has 3 atom stereocenters. The molecule has 0 bridgehead atoms. The summed E-state index contributed by atoms with van der Waals surface area (Å²) >= 11 is 0.992. The highest BCUT2D eigenvalue weighted by atomic mass is 32.1. The molecule has 0 radical (unpaired) electrons. The van der Waals surface area contributed by atoms with Crippen molar-refractivity contribution in [3.63, 3.8) is 0 Å². The van der Waals surface area contributed by atoms with Gasteiger partial charge in [-0.1, -0.05) is 32.0 Å². The average Bonchev–Trinajstić information content (AvgIpc) is 3.25. The van der Waals surface area contributed by atoms with Crippen LogP contribution in [0.5, 0.6) is 5.75 Å². The molecule has 1 aromatic carbocycles. The molecule has 4 rings (SSSR count). The van der Waals surface area contributed by atoms with Crippen molar-refractivity contribution in [3.8, 4) is 5.75 Å². The number of nitrogens with one attached hydrogen (secondary N) is 1. The molecule has 5 nitrogen and oxygen atoms in total. The first kappa shape index (κ1) is 23.5. The lowest BCUT2D eigenvalue weighted by molar-refractivity contribution is -0.287. The summed E-state index contributed by atoms with van der Waals surface area (Å²) in [5.41, 5.74) is -3.65. The van der Waals surface area contributed by atoms with Crippen LogP contribution in [0.2, 0.25) is 0 Å². The van der Waals surface area contributed by atoms with Crippen molar-refractivity contribution >= 4 is 22.9 Å². The van der Waals surface area contributed by atoms with Gasteiger partial charge in [-0.05, 0) is 41.0 Å². The van der Waals surface area contributed by atoms with Gasteiger partial charge in [0.1, 0.15) is 5.75 Å². The van der Waals surface area contributed by atoms with Crippen LogP contribution in [0.3, 0.4) is 0 Å². The van der Waals surface area contributed by atoms with Gasteiger partial charge in [-0.2, -0.15) is 13.2 Å². The van der Waals surface area contributed by atoms with Crippen LogP contribution in [0.15, 0.2) is 53.0 Å². The van der Waals surface area contributed by atoms with Crippen LogP contribution in [0, 0.1) is 11.3 Å². The molecule has 2 aromatic rings. The Kier molecular flexibility index (Phi) is 5.69. The number of hydrogen-bond acceptors (Lipinski definition) is 6. The highest BCUT2D eigenvalue weighted by Crippen LogP contribution is 2.53. The number of alkyl halides is 3. The standard InChI is InChI=1S/C24H24F3NO4S/c1-22(2)11-15-19(16(29)12-22)18(13-6-8-14(32-3)9-7-13)20(21(30)17-5-4-10-33-17)23(31,28-15)24(25,26)27/h4-10,18,20,28,31H,11-12H2,1-3H3. The number of aliphatic hydroxyl groups is 1. The molecule has 2 N–H and O–H groups in total. The Hall–Kier alpha value is -2.65. The van der Waals surface area contributed by atoms with E-state index in [4.69, 9.17) is 4.74 Å². The van der Waals surface area contributed by atoms with Gasteiger partial charge in [0.15, 0.2) is 11.6 Å². The topological polar surface area (TPSA) is 75.6 Å². The van der Waals surface area contributed by atoms with Crippen LogP contribution in [0.1, 0.15) is 47.8 Å². The smallest absolute Gasteiger partial charge is 0.437 e. The first-order valence-corrected chi connectivity index (χ1v) is 11.3. The number of ketones is 2. The Morgan fingerprint density at radius 1 is 1.18 bits per heavy atom. The fourth-order valence-corrected chi connectivity index (χ4v) is 5.56. The lowest BCUT2D eigenvalue weighted by atomic mass is 9.63. The number of benzene rings is 1. The van der Waals surface area contributed by atoms with Crippen molar-refractivity contribution in [2.45, 2.75) is 44.5 Å². The molecular formula is C24H24F3NO4S. The van der Waals surface area contributed by atoms with E-state index >= 15 is 0 Å². The molecule has 3 unspecified atom stereocenters.